The molecule has 2 aliphatic heterocycles. The third-order valence-electron chi connectivity index (χ3n) is 7.64. The van der Waals surface area contributed by atoms with Gasteiger partial charge in [0.05, 0.1) is 10.4 Å². The summed E-state index contributed by atoms with van der Waals surface area (Å²) >= 11 is 1.48. The maximum Gasteiger partial charge on any atom is 0.271 e. The molecule has 1 unspecified atom stereocenters. The van der Waals surface area contributed by atoms with Crippen LogP contribution in [-0.2, 0) is 19.7 Å². The Kier molecular flexibility index (Phi) is 6.63. The number of nitrogens with one attached hydrogen (secondary N) is 3. The van der Waals surface area contributed by atoms with Crippen LogP contribution in [-0.4, -0.2) is 42.0 Å². The predicted molar refractivity (Wildman–Crippen MR) is 135 cm³/mol. The molecule has 3 heterocycles. The fourth-order valence-electron chi connectivity index (χ4n) is 5.76. The van der Waals surface area contributed by atoms with Crippen LogP contribution < -0.4 is 16.0 Å². The van der Waals surface area contributed by atoms with Crippen molar-refractivity contribution in [1.82, 2.24) is 10.3 Å². The molecule has 1 atom stereocenters. The molecular formula is C26H32N4O4S. The van der Waals surface area contributed by atoms with Crippen LogP contribution in [0.1, 0.15) is 70.9 Å². The molecule has 1 spiro atoms. The van der Waals surface area contributed by atoms with E-state index in [-0.39, 0.29) is 23.6 Å². The second-order valence-corrected chi connectivity index (χ2v) is 11.3. The molecule has 3 N–H and O–H groups in total. The lowest BCUT2D eigenvalue weighted by Gasteiger charge is -2.31. The number of hydrogen-bond acceptors (Lipinski definition) is 6. The van der Waals surface area contributed by atoms with Gasteiger partial charge in [-0.1, -0.05) is 25.3 Å². The molecule has 3 amide bonds. The third kappa shape index (κ3) is 4.59. The minimum atomic E-state index is -0.645. The van der Waals surface area contributed by atoms with Gasteiger partial charge in [0.25, 0.3) is 5.91 Å². The smallest absolute Gasteiger partial charge is 0.271 e. The molecular weight excluding hydrogens is 464 g/mol. The number of aryl methyl sites for hydroxylation is 2. The first kappa shape index (κ1) is 23.9. The number of thiazole rings is 1. The molecule has 1 saturated heterocycles. The normalized spacial score (nSPS) is 20.2. The third-order valence-corrected chi connectivity index (χ3v) is 8.53. The first-order chi connectivity index (χ1) is 16.9. The highest BCUT2D eigenvalue weighted by molar-refractivity contribution is 7.11. The zero-order chi connectivity index (χ0) is 24.6. The van der Waals surface area contributed by atoms with Crippen molar-refractivity contribution in [3.63, 3.8) is 0 Å². The molecule has 8 nitrogen and oxygen atoms in total. The van der Waals surface area contributed by atoms with Gasteiger partial charge in [-0.3, -0.25) is 14.4 Å². The molecule has 1 aromatic heterocycles. The molecule has 9 heteroatoms. The number of nitrogens with zero attached hydrogens (tertiary/aromatic N) is 1. The minimum Gasteiger partial charge on any atom is -0.381 e. The fourth-order valence-corrected chi connectivity index (χ4v) is 6.57. The van der Waals surface area contributed by atoms with E-state index in [1.54, 1.807) is 0 Å². The Morgan fingerprint density at radius 2 is 1.91 bits per heavy atom. The van der Waals surface area contributed by atoms with Gasteiger partial charge in [0.2, 0.25) is 11.8 Å². The van der Waals surface area contributed by atoms with E-state index < -0.39 is 11.5 Å². The van der Waals surface area contributed by atoms with Crippen molar-refractivity contribution in [1.29, 1.82) is 0 Å². The molecule has 3 aliphatic rings. The number of rotatable bonds is 5. The number of amides is 3. The summed E-state index contributed by atoms with van der Waals surface area (Å²) in [5, 5.41) is 9.83. The van der Waals surface area contributed by atoms with E-state index >= 15 is 0 Å². The number of carbonyl (C=O) groups excluding carboxylic acids is 3. The van der Waals surface area contributed by atoms with Gasteiger partial charge in [0.1, 0.15) is 11.7 Å². The molecule has 2 aromatic rings. The number of aromatic nitrogens is 1. The van der Waals surface area contributed by atoms with Gasteiger partial charge in [-0.15, -0.1) is 11.3 Å². The van der Waals surface area contributed by atoms with Crippen molar-refractivity contribution in [3.05, 3.63) is 39.3 Å². The van der Waals surface area contributed by atoms with Gasteiger partial charge in [-0.05, 0) is 63.1 Å². The summed E-state index contributed by atoms with van der Waals surface area (Å²) in [6.07, 6.45) is 6.37. The summed E-state index contributed by atoms with van der Waals surface area (Å²) in [6.45, 7) is 4.87. The van der Waals surface area contributed by atoms with Crippen molar-refractivity contribution < 1.29 is 19.1 Å². The highest BCUT2D eigenvalue weighted by Crippen LogP contribution is 2.45. The van der Waals surface area contributed by atoms with Gasteiger partial charge in [-0.25, -0.2) is 4.98 Å². The van der Waals surface area contributed by atoms with E-state index in [4.69, 9.17) is 4.74 Å². The van der Waals surface area contributed by atoms with Crippen LogP contribution in [0, 0.1) is 19.8 Å². The molecule has 0 radical (unpaired) electrons. The van der Waals surface area contributed by atoms with E-state index in [1.807, 2.05) is 32.0 Å². The Bertz CT molecular complexity index is 1150. The molecule has 1 saturated carbocycles. The molecule has 2 fully saturated rings. The highest BCUT2D eigenvalue weighted by atomic mass is 32.1. The van der Waals surface area contributed by atoms with Crippen LogP contribution in [0.5, 0.6) is 0 Å². The highest BCUT2D eigenvalue weighted by Gasteiger charge is 2.47. The second-order valence-electron chi connectivity index (χ2n) is 9.89. The molecule has 186 valence electrons. The number of benzene rings is 1. The predicted octanol–water partition coefficient (Wildman–Crippen LogP) is 4.08. The lowest BCUT2D eigenvalue weighted by molar-refractivity contribution is -0.124. The Balaban J connectivity index is 1.35. The van der Waals surface area contributed by atoms with Crippen molar-refractivity contribution in [2.45, 2.75) is 70.3 Å². The van der Waals surface area contributed by atoms with Crippen molar-refractivity contribution in [3.8, 4) is 0 Å². The average Bonchev–Trinajstić information content (AvgIpc) is 3.33. The number of hydrogen-bond donors (Lipinski definition) is 3. The van der Waals surface area contributed by atoms with Crippen LogP contribution in [0.15, 0.2) is 18.2 Å². The van der Waals surface area contributed by atoms with Crippen molar-refractivity contribution >= 4 is 40.4 Å². The van der Waals surface area contributed by atoms with Gasteiger partial charge < -0.3 is 20.7 Å². The van der Waals surface area contributed by atoms with Gasteiger partial charge >= 0.3 is 0 Å². The average molecular weight is 497 g/mol. The number of ether oxygens (including phenoxy) is 1. The molecule has 1 aromatic carbocycles. The Morgan fingerprint density at radius 1 is 1.17 bits per heavy atom. The summed E-state index contributed by atoms with van der Waals surface area (Å²) in [5.74, 6) is -0.465. The number of fused-ring (bicyclic) bond motifs is 2. The first-order valence-electron chi connectivity index (χ1n) is 12.5. The van der Waals surface area contributed by atoms with E-state index in [0.29, 0.717) is 37.4 Å². The lowest BCUT2D eigenvalue weighted by Crippen LogP contribution is -2.49. The van der Waals surface area contributed by atoms with E-state index in [9.17, 15) is 14.4 Å². The van der Waals surface area contributed by atoms with Crippen molar-refractivity contribution in [2.75, 3.05) is 23.8 Å². The fraction of sp³-hybridized carbons (Fsp3) is 0.538. The van der Waals surface area contributed by atoms with Crippen molar-refractivity contribution in [2.24, 2.45) is 5.92 Å². The van der Waals surface area contributed by atoms with Crippen LogP contribution in [0.2, 0.25) is 0 Å². The maximum absolute atomic E-state index is 13.5. The van der Waals surface area contributed by atoms with Gasteiger partial charge in [0.15, 0.2) is 0 Å². The quantitative estimate of drug-likeness (QED) is 0.578. The van der Waals surface area contributed by atoms with Crippen LogP contribution in [0.3, 0.4) is 0 Å². The Labute approximate surface area is 209 Å². The van der Waals surface area contributed by atoms with Crippen LogP contribution in [0.4, 0.5) is 11.4 Å². The largest absolute Gasteiger partial charge is 0.381 e. The molecule has 5 rings (SSSR count). The van der Waals surface area contributed by atoms with E-state index in [1.165, 1.54) is 11.3 Å². The lowest BCUT2D eigenvalue weighted by atomic mass is 9.75. The summed E-state index contributed by atoms with van der Waals surface area (Å²) in [4.78, 5) is 44.6. The Hall–Kier alpha value is -2.78. The molecule has 35 heavy (non-hydrogen) atoms. The first-order valence-corrected chi connectivity index (χ1v) is 13.3. The van der Waals surface area contributed by atoms with E-state index in [0.717, 1.165) is 53.2 Å². The standard InChI is InChI=1S/C26H32N4O4S/c1-15-21(27-16(2)35-15)23(31)30-22(17-6-4-3-5-7-17)24(32)28-18-8-9-19-20(14-18)29-25(33)26(19)10-12-34-13-11-26/h8-9,14,17,22H,3-7,10-13H2,1-2H3,(H,28,32)(H,29,33)(H,30,31). The summed E-state index contributed by atoms with van der Waals surface area (Å²) in [5.41, 5.74) is 2.16. The monoisotopic (exact) mass is 496 g/mol. The Morgan fingerprint density at radius 3 is 2.60 bits per heavy atom. The van der Waals surface area contributed by atoms with Gasteiger partial charge in [-0.2, -0.15) is 0 Å². The maximum atomic E-state index is 13.5. The minimum absolute atomic E-state index is 0.000508. The van der Waals surface area contributed by atoms with E-state index in [2.05, 4.69) is 20.9 Å². The zero-order valence-electron chi connectivity index (χ0n) is 20.2. The topological polar surface area (TPSA) is 109 Å². The van der Waals surface area contributed by atoms with Gasteiger partial charge in [0, 0.05) is 29.5 Å². The summed E-state index contributed by atoms with van der Waals surface area (Å²) in [7, 11) is 0. The SMILES string of the molecule is Cc1nc(C(=O)NC(C(=O)Nc2ccc3c(c2)NC(=O)C32CCOCC2)C2CCCCC2)c(C)s1. The zero-order valence-corrected chi connectivity index (χ0v) is 21.1. The second kappa shape index (κ2) is 9.70. The molecule has 0 bridgehead atoms. The van der Waals surface area contributed by atoms with Crippen LogP contribution >= 0.6 is 11.3 Å². The molecule has 1 aliphatic carbocycles. The number of anilines is 2. The van der Waals surface area contributed by atoms with Crippen LogP contribution in [0.25, 0.3) is 0 Å². The number of carbonyl (C=O) groups is 3. The summed E-state index contributed by atoms with van der Waals surface area (Å²) in [6, 6.07) is 4.96. The summed E-state index contributed by atoms with van der Waals surface area (Å²) < 4.78 is 5.48.